The summed E-state index contributed by atoms with van der Waals surface area (Å²) in [6, 6.07) is 9.60. The first kappa shape index (κ1) is 17.9. The molecule has 3 rings (SSSR count). The highest BCUT2D eigenvalue weighted by Crippen LogP contribution is 2.29. The maximum absolute atomic E-state index is 12.5. The van der Waals surface area contributed by atoms with Crippen LogP contribution in [0.15, 0.2) is 30.3 Å². The van der Waals surface area contributed by atoms with E-state index in [1.54, 1.807) is 0 Å². The molecule has 0 radical (unpaired) electrons. The van der Waals surface area contributed by atoms with Crippen molar-refractivity contribution in [2.45, 2.75) is 37.5 Å². The lowest BCUT2D eigenvalue weighted by molar-refractivity contribution is -0.131. The molecule has 2 heterocycles. The number of carbonyl (C=O) groups excluding carboxylic acids is 3. The van der Waals surface area contributed by atoms with Gasteiger partial charge in [0.15, 0.2) is 0 Å². The highest BCUT2D eigenvalue weighted by atomic mass is 32.2. The zero-order valence-corrected chi connectivity index (χ0v) is 15.0. The molecular weight excluding hydrogens is 338 g/mol. The topological polar surface area (TPSA) is 69.7 Å². The van der Waals surface area contributed by atoms with E-state index in [0.29, 0.717) is 13.2 Å². The number of rotatable bonds is 6. The Kier molecular flexibility index (Phi) is 6.09. The van der Waals surface area contributed by atoms with E-state index in [4.69, 9.17) is 0 Å². The molecule has 2 fully saturated rings. The number of thioether (sulfide) groups is 1. The average molecular weight is 361 g/mol. The number of nitrogens with one attached hydrogen (secondary N) is 1. The van der Waals surface area contributed by atoms with Crippen molar-refractivity contribution in [2.24, 2.45) is 0 Å². The van der Waals surface area contributed by atoms with Crippen molar-refractivity contribution in [3.05, 3.63) is 35.9 Å². The van der Waals surface area contributed by atoms with E-state index in [1.165, 1.54) is 11.3 Å². The Hall–Kier alpha value is -1.86. The smallest absolute Gasteiger partial charge is 0.290 e. The average Bonchev–Trinajstić information content (AvgIpc) is 2.89. The van der Waals surface area contributed by atoms with Crippen LogP contribution in [0.4, 0.5) is 4.79 Å². The van der Waals surface area contributed by atoms with Gasteiger partial charge in [-0.25, -0.2) is 0 Å². The molecule has 2 aliphatic rings. The highest BCUT2D eigenvalue weighted by molar-refractivity contribution is 8.15. The van der Waals surface area contributed by atoms with Gasteiger partial charge in [0.05, 0.1) is 6.67 Å². The molecule has 2 saturated heterocycles. The molecule has 1 aromatic rings. The molecule has 0 saturated carbocycles. The monoisotopic (exact) mass is 361 g/mol. The lowest BCUT2D eigenvalue weighted by atomic mass is 10.1. The van der Waals surface area contributed by atoms with Gasteiger partial charge in [-0.05, 0) is 31.5 Å². The second-order valence-corrected chi connectivity index (χ2v) is 7.58. The quantitative estimate of drug-likeness (QED) is 0.841. The van der Waals surface area contributed by atoms with Crippen molar-refractivity contribution < 1.29 is 14.4 Å². The lowest BCUT2D eigenvalue weighted by Crippen LogP contribution is -2.44. The molecular formula is C18H23N3O3S. The summed E-state index contributed by atoms with van der Waals surface area (Å²) in [5, 5.41) is 1.97. The largest absolute Gasteiger partial charge is 0.352 e. The van der Waals surface area contributed by atoms with Crippen molar-refractivity contribution in [1.82, 2.24) is 15.1 Å². The van der Waals surface area contributed by atoms with E-state index in [0.717, 1.165) is 43.3 Å². The number of carbonyl (C=O) groups is 3. The van der Waals surface area contributed by atoms with Crippen LogP contribution in [-0.4, -0.2) is 51.9 Å². The van der Waals surface area contributed by atoms with Crippen LogP contribution in [0.5, 0.6) is 0 Å². The number of imide groups is 1. The van der Waals surface area contributed by atoms with Gasteiger partial charge in [0.2, 0.25) is 11.8 Å². The third kappa shape index (κ3) is 4.83. The molecule has 6 nitrogen and oxygen atoms in total. The molecule has 0 bridgehead atoms. The Morgan fingerprint density at radius 2 is 1.84 bits per heavy atom. The Morgan fingerprint density at radius 1 is 1.12 bits per heavy atom. The lowest BCUT2D eigenvalue weighted by Gasteiger charge is -2.29. The molecule has 1 N–H and O–H groups in total. The number of piperidine rings is 1. The standard InChI is InChI=1S/C18H23N3O3S/c22-16(19-12-14-7-3-1-4-8-14)11-15-17(23)21(18(24)25-15)13-20-9-5-2-6-10-20/h1,3-4,7-8,15H,2,5-6,9-13H2,(H,19,22). The minimum Gasteiger partial charge on any atom is -0.352 e. The Morgan fingerprint density at radius 3 is 2.56 bits per heavy atom. The molecule has 0 spiro atoms. The molecule has 1 atom stereocenters. The van der Waals surface area contributed by atoms with Crippen molar-refractivity contribution in [1.29, 1.82) is 0 Å². The van der Waals surface area contributed by atoms with Gasteiger partial charge in [-0.1, -0.05) is 48.5 Å². The van der Waals surface area contributed by atoms with Gasteiger partial charge in [0.25, 0.3) is 5.24 Å². The normalized spacial score (nSPS) is 21.6. The van der Waals surface area contributed by atoms with Crippen LogP contribution < -0.4 is 5.32 Å². The third-order valence-electron chi connectivity index (χ3n) is 4.50. The molecule has 2 aliphatic heterocycles. The summed E-state index contributed by atoms with van der Waals surface area (Å²) >= 11 is 0.970. The second kappa shape index (κ2) is 8.49. The molecule has 0 aliphatic carbocycles. The van der Waals surface area contributed by atoms with Crippen molar-refractivity contribution in [3.63, 3.8) is 0 Å². The van der Waals surface area contributed by atoms with Crippen molar-refractivity contribution in [2.75, 3.05) is 19.8 Å². The predicted molar refractivity (Wildman–Crippen MR) is 96.8 cm³/mol. The summed E-state index contributed by atoms with van der Waals surface area (Å²) in [5.41, 5.74) is 1.00. The SMILES string of the molecule is O=C(CC1SC(=O)N(CN2CCCCC2)C1=O)NCc1ccccc1. The minimum atomic E-state index is -0.604. The number of hydrogen-bond donors (Lipinski definition) is 1. The number of likely N-dealkylation sites (tertiary alicyclic amines) is 1. The van der Waals surface area contributed by atoms with Gasteiger partial charge < -0.3 is 5.32 Å². The maximum atomic E-state index is 12.5. The Balaban J connectivity index is 1.48. The maximum Gasteiger partial charge on any atom is 0.290 e. The van der Waals surface area contributed by atoms with Crippen molar-refractivity contribution >= 4 is 28.8 Å². The Bertz CT molecular complexity index is 632. The molecule has 0 aromatic heterocycles. The van der Waals surface area contributed by atoms with Gasteiger partial charge in [-0.15, -0.1) is 0 Å². The van der Waals surface area contributed by atoms with Gasteiger partial charge in [-0.2, -0.15) is 0 Å². The molecule has 1 unspecified atom stereocenters. The van der Waals surface area contributed by atoms with E-state index in [1.807, 2.05) is 30.3 Å². The van der Waals surface area contributed by atoms with Crippen LogP contribution >= 0.6 is 11.8 Å². The fraction of sp³-hybridized carbons (Fsp3) is 0.500. The van der Waals surface area contributed by atoms with Gasteiger partial charge in [0, 0.05) is 13.0 Å². The van der Waals surface area contributed by atoms with Crippen LogP contribution in [0.1, 0.15) is 31.2 Å². The number of benzene rings is 1. The first-order valence-electron chi connectivity index (χ1n) is 8.68. The molecule has 25 heavy (non-hydrogen) atoms. The van der Waals surface area contributed by atoms with E-state index in [9.17, 15) is 14.4 Å². The first-order chi connectivity index (χ1) is 12.1. The molecule has 7 heteroatoms. The number of hydrogen-bond acceptors (Lipinski definition) is 5. The van der Waals surface area contributed by atoms with Crippen LogP contribution in [0.25, 0.3) is 0 Å². The molecule has 134 valence electrons. The summed E-state index contributed by atoms with van der Waals surface area (Å²) in [6.45, 7) is 2.62. The van der Waals surface area contributed by atoms with E-state index < -0.39 is 5.25 Å². The summed E-state index contributed by atoms with van der Waals surface area (Å²) in [6.07, 6.45) is 3.46. The summed E-state index contributed by atoms with van der Waals surface area (Å²) in [4.78, 5) is 40.2. The van der Waals surface area contributed by atoms with E-state index in [-0.39, 0.29) is 23.5 Å². The molecule has 1 aromatic carbocycles. The predicted octanol–water partition coefficient (Wildman–Crippen LogP) is 2.20. The summed E-state index contributed by atoms with van der Waals surface area (Å²) in [5.74, 6) is -0.447. The van der Waals surface area contributed by atoms with E-state index >= 15 is 0 Å². The number of nitrogens with zero attached hydrogens (tertiary/aromatic N) is 2. The van der Waals surface area contributed by atoms with E-state index in [2.05, 4.69) is 10.2 Å². The van der Waals surface area contributed by atoms with Crippen LogP contribution in [0, 0.1) is 0 Å². The highest BCUT2D eigenvalue weighted by Gasteiger charge is 2.41. The number of amides is 3. The Labute approximate surface area is 151 Å². The fourth-order valence-electron chi connectivity index (χ4n) is 3.09. The first-order valence-corrected chi connectivity index (χ1v) is 9.56. The molecule has 3 amide bonds. The van der Waals surface area contributed by atoms with Crippen LogP contribution in [0.2, 0.25) is 0 Å². The third-order valence-corrected chi connectivity index (χ3v) is 5.57. The fourth-order valence-corrected chi connectivity index (χ4v) is 4.07. The second-order valence-electron chi connectivity index (χ2n) is 6.43. The summed E-state index contributed by atoms with van der Waals surface area (Å²) < 4.78 is 0. The zero-order valence-electron chi connectivity index (χ0n) is 14.1. The van der Waals surface area contributed by atoms with Crippen molar-refractivity contribution in [3.8, 4) is 0 Å². The van der Waals surface area contributed by atoms with Crippen LogP contribution in [0.3, 0.4) is 0 Å². The van der Waals surface area contributed by atoms with Gasteiger partial charge in [0.1, 0.15) is 5.25 Å². The minimum absolute atomic E-state index is 0.0403. The zero-order chi connectivity index (χ0) is 17.6. The van der Waals surface area contributed by atoms with Gasteiger partial charge >= 0.3 is 0 Å². The van der Waals surface area contributed by atoms with Gasteiger partial charge in [-0.3, -0.25) is 24.2 Å². The summed E-state index contributed by atoms with van der Waals surface area (Å²) in [7, 11) is 0. The van der Waals surface area contributed by atoms with Crippen LogP contribution in [-0.2, 0) is 16.1 Å².